The molecule has 0 aliphatic heterocycles. The van der Waals surface area contributed by atoms with Crippen LogP contribution in [0.5, 0.6) is 5.75 Å². The third-order valence-corrected chi connectivity index (χ3v) is 4.44. The van der Waals surface area contributed by atoms with Gasteiger partial charge in [0.2, 0.25) is 0 Å². The Morgan fingerprint density at radius 3 is 2.52 bits per heavy atom. The summed E-state index contributed by atoms with van der Waals surface area (Å²) in [7, 11) is 0. The Hall–Kier alpha value is -2.29. The van der Waals surface area contributed by atoms with Crippen molar-refractivity contribution in [2.45, 2.75) is 33.2 Å². The van der Waals surface area contributed by atoms with Gasteiger partial charge in [0.05, 0.1) is 17.2 Å². The van der Waals surface area contributed by atoms with Gasteiger partial charge in [0, 0.05) is 17.8 Å². The van der Waals surface area contributed by atoms with E-state index in [0.717, 1.165) is 22.7 Å². The van der Waals surface area contributed by atoms with Crippen molar-refractivity contribution in [1.82, 2.24) is 10.3 Å². The molecule has 0 aliphatic carbocycles. The first-order valence-corrected chi connectivity index (χ1v) is 8.36. The molecule has 0 saturated carbocycles. The van der Waals surface area contributed by atoms with Crippen LogP contribution in [0, 0.1) is 13.8 Å². The number of nitrogens with zero attached hydrogens (tertiary/aromatic N) is 2. The normalized spacial score (nSPS) is 12.3. The summed E-state index contributed by atoms with van der Waals surface area (Å²) in [5.41, 5.74) is 7.55. The molecule has 0 unspecified atom stereocenters. The van der Waals surface area contributed by atoms with E-state index in [1.54, 1.807) is 11.3 Å². The second-order valence-corrected chi connectivity index (χ2v) is 6.61. The number of nitrogens with one attached hydrogen (secondary N) is 1. The van der Waals surface area contributed by atoms with Gasteiger partial charge in [-0.3, -0.25) is 0 Å². The average molecular weight is 372 g/mol. The minimum atomic E-state index is -4.69. The summed E-state index contributed by atoms with van der Waals surface area (Å²) in [6.45, 7) is 4.88. The molecular formula is C16H19F3N4OS. The second kappa shape index (κ2) is 8.19. The number of aryl methyl sites for hydroxylation is 2. The number of hydrogen-bond donors (Lipinski definition) is 2. The fourth-order valence-electron chi connectivity index (χ4n) is 1.97. The summed E-state index contributed by atoms with van der Waals surface area (Å²) < 4.78 is 40.1. The summed E-state index contributed by atoms with van der Waals surface area (Å²) in [5.74, 6) is 0.0148. The van der Waals surface area contributed by atoms with E-state index in [0.29, 0.717) is 6.54 Å². The number of thiazole rings is 1. The van der Waals surface area contributed by atoms with Crippen LogP contribution in [0.2, 0.25) is 0 Å². The number of halogens is 3. The SMILES string of the molecule is Cc1nc(CCNC(N)=NCc2ccc(OC(F)(F)F)cc2)sc1C. The maximum absolute atomic E-state index is 12.1. The van der Waals surface area contributed by atoms with Crippen molar-refractivity contribution in [3.8, 4) is 5.75 Å². The first-order valence-electron chi connectivity index (χ1n) is 7.54. The van der Waals surface area contributed by atoms with Gasteiger partial charge in [-0.2, -0.15) is 0 Å². The monoisotopic (exact) mass is 372 g/mol. The minimum absolute atomic E-state index is 0.264. The Labute approximate surface area is 147 Å². The standard InChI is InChI=1S/C16H19F3N4OS/c1-10-11(2)25-14(23-10)7-8-21-15(20)22-9-12-3-5-13(6-4-12)24-16(17,18)19/h3-6H,7-9H2,1-2H3,(H3,20,21,22). The molecule has 0 atom stereocenters. The number of nitrogens with two attached hydrogens (primary N) is 1. The Bertz CT molecular complexity index is 706. The Kier molecular flexibility index (Phi) is 6.24. The molecule has 0 bridgehead atoms. The van der Waals surface area contributed by atoms with Crippen LogP contribution in [0.1, 0.15) is 21.1 Å². The minimum Gasteiger partial charge on any atom is -0.406 e. The molecule has 1 aromatic carbocycles. The zero-order chi connectivity index (χ0) is 18.4. The first kappa shape index (κ1) is 19.0. The lowest BCUT2D eigenvalue weighted by molar-refractivity contribution is -0.274. The van der Waals surface area contributed by atoms with Crippen molar-refractivity contribution in [3.63, 3.8) is 0 Å². The number of aliphatic imine (C=N–C) groups is 1. The number of aromatic nitrogens is 1. The lowest BCUT2D eigenvalue weighted by Crippen LogP contribution is -2.33. The van der Waals surface area contributed by atoms with Crippen LogP contribution in [0.15, 0.2) is 29.3 Å². The first-order chi connectivity index (χ1) is 11.7. The lowest BCUT2D eigenvalue weighted by atomic mass is 10.2. The highest BCUT2D eigenvalue weighted by atomic mass is 32.1. The fraction of sp³-hybridized carbons (Fsp3) is 0.375. The summed E-state index contributed by atoms with van der Waals surface area (Å²) in [6, 6.07) is 5.52. The van der Waals surface area contributed by atoms with E-state index in [1.807, 2.05) is 13.8 Å². The fourth-order valence-corrected chi connectivity index (χ4v) is 2.91. The summed E-state index contributed by atoms with van der Waals surface area (Å²) >= 11 is 1.66. The molecule has 0 fully saturated rings. The highest BCUT2D eigenvalue weighted by Crippen LogP contribution is 2.22. The molecule has 0 saturated heterocycles. The molecule has 0 radical (unpaired) electrons. The molecule has 0 spiro atoms. The van der Waals surface area contributed by atoms with Gasteiger partial charge in [-0.1, -0.05) is 12.1 Å². The Balaban J connectivity index is 1.78. The van der Waals surface area contributed by atoms with E-state index in [4.69, 9.17) is 5.73 Å². The summed E-state index contributed by atoms with van der Waals surface area (Å²) in [4.78, 5) is 9.80. The summed E-state index contributed by atoms with van der Waals surface area (Å²) in [6.07, 6.45) is -3.94. The van der Waals surface area contributed by atoms with Crippen molar-refractivity contribution in [3.05, 3.63) is 45.4 Å². The van der Waals surface area contributed by atoms with Gasteiger partial charge in [0.25, 0.3) is 0 Å². The number of guanidine groups is 1. The van der Waals surface area contributed by atoms with Gasteiger partial charge < -0.3 is 15.8 Å². The van der Waals surface area contributed by atoms with Crippen LogP contribution in [-0.2, 0) is 13.0 Å². The zero-order valence-corrected chi connectivity index (χ0v) is 14.7. The molecule has 9 heteroatoms. The molecule has 2 aromatic rings. The van der Waals surface area contributed by atoms with E-state index >= 15 is 0 Å². The van der Waals surface area contributed by atoms with Gasteiger partial charge in [-0.15, -0.1) is 24.5 Å². The number of benzene rings is 1. The maximum Gasteiger partial charge on any atom is 0.573 e. The van der Waals surface area contributed by atoms with Crippen molar-refractivity contribution in [2.75, 3.05) is 6.54 Å². The maximum atomic E-state index is 12.1. The number of hydrogen-bond acceptors (Lipinski definition) is 4. The molecule has 136 valence electrons. The number of rotatable bonds is 6. The van der Waals surface area contributed by atoms with E-state index in [1.165, 1.54) is 29.1 Å². The third kappa shape index (κ3) is 6.61. The lowest BCUT2D eigenvalue weighted by Gasteiger charge is -2.09. The number of alkyl halides is 3. The van der Waals surface area contributed by atoms with Crippen LogP contribution >= 0.6 is 11.3 Å². The van der Waals surface area contributed by atoms with E-state index in [9.17, 15) is 13.2 Å². The van der Waals surface area contributed by atoms with Gasteiger partial charge in [-0.25, -0.2) is 9.98 Å². The molecule has 0 amide bonds. The largest absolute Gasteiger partial charge is 0.573 e. The van der Waals surface area contributed by atoms with Crippen molar-refractivity contribution < 1.29 is 17.9 Å². The number of ether oxygens (including phenoxy) is 1. The van der Waals surface area contributed by atoms with Crippen molar-refractivity contribution >= 4 is 17.3 Å². The molecular weight excluding hydrogens is 353 g/mol. The Morgan fingerprint density at radius 2 is 1.96 bits per heavy atom. The molecule has 1 aromatic heterocycles. The van der Waals surface area contributed by atoms with Crippen molar-refractivity contribution in [1.29, 1.82) is 0 Å². The molecule has 0 aliphatic rings. The predicted molar refractivity (Wildman–Crippen MR) is 91.7 cm³/mol. The van der Waals surface area contributed by atoms with Gasteiger partial charge in [0.1, 0.15) is 5.75 Å². The van der Waals surface area contributed by atoms with E-state index < -0.39 is 6.36 Å². The summed E-state index contributed by atoms with van der Waals surface area (Å²) in [5, 5.41) is 4.03. The van der Waals surface area contributed by atoms with Crippen LogP contribution in [0.3, 0.4) is 0 Å². The second-order valence-electron chi connectivity index (χ2n) is 5.32. The zero-order valence-electron chi connectivity index (χ0n) is 13.9. The van der Waals surface area contributed by atoms with Gasteiger partial charge in [0.15, 0.2) is 5.96 Å². The van der Waals surface area contributed by atoms with Crippen LogP contribution in [-0.4, -0.2) is 23.9 Å². The highest BCUT2D eigenvalue weighted by molar-refractivity contribution is 7.11. The highest BCUT2D eigenvalue weighted by Gasteiger charge is 2.30. The molecule has 1 heterocycles. The Morgan fingerprint density at radius 1 is 1.28 bits per heavy atom. The predicted octanol–water partition coefficient (Wildman–Crippen LogP) is 3.31. The molecule has 2 rings (SSSR count). The molecule has 5 nitrogen and oxygen atoms in total. The molecule has 25 heavy (non-hydrogen) atoms. The topological polar surface area (TPSA) is 72.5 Å². The van der Waals surface area contributed by atoms with Crippen LogP contribution in [0.4, 0.5) is 13.2 Å². The third-order valence-electron chi connectivity index (χ3n) is 3.31. The average Bonchev–Trinajstić information content (AvgIpc) is 2.83. The van der Waals surface area contributed by atoms with Crippen LogP contribution in [0.25, 0.3) is 0 Å². The van der Waals surface area contributed by atoms with Gasteiger partial charge in [-0.05, 0) is 31.5 Å². The van der Waals surface area contributed by atoms with Gasteiger partial charge >= 0.3 is 6.36 Å². The van der Waals surface area contributed by atoms with Crippen molar-refractivity contribution in [2.24, 2.45) is 10.7 Å². The smallest absolute Gasteiger partial charge is 0.406 e. The quantitative estimate of drug-likeness (QED) is 0.603. The van der Waals surface area contributed by atoms with E-state index in [2.05, 4.69) is 20.0 Å². The van der Waals surface area contributed by atoms with E-state index in [-0.39, 0.29) is 18.3 Å². The van der Waals surface area contributed by atoms with Crippen LogP contribution < -0.4 is 15.8 Å². The molecule has 3 N–H and O–H groups in total.